The summed E-state index contributed by atoms with van der Waals surface area (Å²) in [7, 11) is 0. The molecule has 3 rings (SSSR count). The van der Waals surface area contributed by atoms with Gasteiger partial charge in [-0.05, 0) is 24.6 Å². The number of hydrogen-bond donors (Lipinski definition) is 1. The molecule has 0 amide bonds. The third-order valence-electron chi connectivity index (χ3n) is 3.72. The molecule has 104 valence electrons. The van der Waals surface area contributed by atoms with Crippen LogP contribution < -0.4 is 4.90 Å². The molecule has 1 aliphatic rings. The SMILES string of the molecule is OC1CCN(Cc2c(F)cccc2F)c2ccccc21. The van der Waals surface area contributed by atoms with Crippen LogP contribution in [0.3, 0.4) is 0 Å². The lowest BCUT2D eigenvalue weighted by Gasteiger charge is -2.34. The van der Waals surface area contributed by atoms with Crippen molar-refractivity contribution >= 4 is 5.69 Å². The molecule has 0 saturated carbocycles. The van der Waals surface area contributed by atoms with E-state index in [1.54, 1.807) is 0 Å². The lowest BCUT2D eigenvalue weighted by molar-refractivity contribution is 0.164. The van der Waals surface area contributed by atoms with E-state index in [1.165, 1.54) is 18.2 Å². The molecule has 0 aliphatic carbocycles. The highest BCUT2D eigenvalue weighted by Gasteiger charge is 2.24. The second kappa shape index (κ2) is 5.21. The number of aliphatic hydroxyl groups excluding tert-OH is 1. The molecule has 4 heteroatoms. The molecule has 0 bridgehead atoms. The predicted molar refractivity (Wildman–Crippen MR) is 73.4 cm³/mol. The van der Waals surface area contributed by atoms with Gasteiger partial charge >= 0.3 is 0 Å². The van der Waals surface area contributed by atoms with Crippen LogP contribution >= 0.6 is 0 Å². The Hall–Kier alpha value is -1.94. The van der Waals surface area contributed by atoms with Gasteiger partial charge in [-0.3, -0.25) is 0 Å². The van der Waals surface area contributed by atoms with E-state index in [1.807, 2.05) is 29.2 Å². The van der Waals surface area contributed by atoms with Gasteiger partial charge < -0.3 is 10.0 Å². The molecule has 0 aromatic heterocycles. The Morgan fingerprint density at radius 2 is 1.75 bits per heavy atom. The minimum atomic E-state index is -0.534. The monoisotopic (exact) mass is 275 g/mol. The fourth-order valence-electron chi connectivity index (χ4n) is 2.65. The molecule has 2 aromatic carbocycles. The lowest BCUT2D eigenvalue weighted by Crippen LogP contribution is -2.31. The molecular weight excluding hydrogens is 260 g/mol. The van der Waals surface area contributed by atoms with Crippen LogP contribution in [0.1, 0.15) is 23.7 Å². The summed E-state index contributed by atoms with van der Waals surface area (Å²) in [5.74, 6) is -1.07. The minimum absolute atomic E-state index is 0.0682. The molecule has 1 unspecified atom stereocenters. The van der Waals surface area contributed by atoms with Crippen molar-refractivity contribution in [1.29, 1.82) is 0 Å². The van der Waals surface area contributed by atoms with Crippen molar-refractivity contribution in [2.24, 2.45) is 0 Å². The standard InChI is InChI=1S/C16H15F2NO/c17-13-5-3-6-14(18)12(13)10-19-9-8-16(20)11-4-1-2-7-15(11)19/h1-7,16,20H,8-10H2. The van der Waals surface area contributed by atoms with E-state index < -0.39 is 17.7 Å². The number of para-hydroxylation sites is 1. The maximum absolute atomic E-state index is 13.7. The Bertz CT molecular complexity index is 609. The summed E-state index contributed by atoms with van der Waals surface area (Å²) in [6, 6.07) is 11.3. The van der Waals surface area contributed by atoms with Crippen LogP contribution in [-0.2, 0) is 6.54 Å². The Morgan fingerprint density at radius 1 is 1.05 bits per heavy atom. The summed E-state index contributed by atoms with van der Waals surface area (Å²) in [4.78, 5) is 1.91. The van der Waals surface area contributed by atoms with E-state index in [2.05, 4.69) is 0 Å². The number of benzene rings is 2. The van der Waals surface area contributed by atoms with Crippen molar-refractivity contribution < 1.29 is 13.9 Å². The summed E-state index contributed by atoms with van der Waals surface area (Å²) >= 11 is 0. The largest absolute Gasteiger partial charge is 0.388 e. The predicted octanol–water partition coefficient (Wildman–Crippen LogP) is 3.41. The van der Waals surface area contributed by atoms with Crippen LogP contribution in [0.5, 0.6) is 0 Å². The lowest BCUT2D eigenvalue weighted by atomic mass is 9.98. The fraction of sp³-hybridized carbons (Fsp3) is 0.250. The maximum atomic E-state index is 13.7. The van der Waals surface area contributed by atoms with E-state index in [-0.39, 0.29) is 12.1 Å². The molecule has 20 heavy (non-hydrogen) atoms. The Morgan fingerprint density at radius 3 is 2.50 bits per heavy atom. The van der Waals surface area contributed by atoms with Crippen molar-refractivity contribution in [1.82, 2.24) is 0 Å². The number of nitrogens with zero attached hydrogens (tertiary/aromatic N) is 1. The third kappa shape index (κ3) is 2.27. The Kier molecular flexibility index (Phi) is 3.40. The number of halogens is 2. The molecule has 0 spiro atoms. The Labute approximate surface area is 116 Å². The number of fused-ring (bicyclic) bond motifs is 1. The van der Waals surface area contributed by atoms with Crippen LogP contribution in [0.25, 0.3) is 0 Å². The second-order valence-electron chi connectivity index (χ2n) is 4.99. The van der Waals surface area contributed by atoms with E-state index in [0.29, 0.717) is 13.0 Å². The van der Waals surface area contributed by atoms with Gasteiger partial charge in [0.2, 0.25) is 0 Å². The molecule has 0 saturated heterocycles. The zero-order valence-corrected chi connectivity index (χ0v) is 10.9. The Balaban J connectivity index is 1.95. The summed E-state index contributed by atoms with van der Waals surface area (Å²) in [5, 5.41) is 9.98. The topological polar surface area (TPSA) is 23.5 Å². The average molecular weight is 275 g/mol. The highest BCUT2D eigenvalue weighted by Crippen LogP contribution is 2.34. The molecule has 2 nitrogen and oxygen atoms in total. The number of anilines is 1. The highest BCUT2D eigenvalue weighted by atomic mass is 19.1. The van der Waals surface area contributed by atoms with Gasteiger partial charge in [0.15, 0.2) is 0 Å². The molecule has 1 N–H and O–H groups in total. The van der Waals surface area contributed by atoms with Crippen LogP contribution in [0.2, 0.25) is 0 Å². The van der Waals surface area contributed by atoms with Gasteiger partial charge in [0.1, 0.15) is 11.6 Å². The smallest absolute Gasteiger partial charge is 0.131 e. The molecular formula is C16H15F2NO. The van der Waals surface area contributed by atoms with Gasteiger partial charge in [0, 0.05) is 29.9 Å². The van der Waals surface area contributed by atoms with Crippen molar-refractivity contribution in [2.75, 3.05) is 11.4 Å². The summed E-state index contributed by atoms with van der Waals surface area (Å²) in [5.41, 5.74) is 1.73. The van der Waals surface area contributed by atoms with Crippen LogP contribution in [0, 0.1) is 11.6 Å². The first-order valence-electron chi connectivity index (χ1n) is 6.61. The quantitative estimate of drug-likeness (QED) is 0.908. The van der Waals surface area contributed by atoms with E-state index >= 15 is 0 Å². The van der Waals surface area contributed by atoms with Crippen LogP contribution in [-0.4, -0.2) is 11.7 Å². The van der Waals surface area contributed by atoms with E-state index in [9.17, 15) is 13.9 Å². The molecule has 0 radical (unpaired) electrons. The summed E-state index contributed by atoms with van der Waals surface area (Å²) in [6.07, 6.45) is 0.0560. The molecule has 1 atom stereocenters. The first-order valence-corrected chi connectivity index (χ1v) is 6.61. The van der Waals surface area contributed by atoms with Gasteiger partial charge in [-0.2, -0.15) is 0 Å². The first-order chi connectivity index (χ1) is 9.66. The fourth-order valence-corrected chi connectivity index (χ4v) is 2.65. The number of hydrogen-bond acceptors (Lipinski definition) is 2. The van der Waals surface area contributed by atoms with Gasteiger partial charge in [-0.15, -0.1) is 0 Å². The molecule has 1 heterocycles. The summed E-state index contributed by atoms with van der Waals surface area (Å²) < 4.78 is 27.5. The second-order valence-corrected chi connectivity index (χ2v) is 4.99. The van der Waals surface area contributed by atoms with Crippen molar-refractivity contribution in [3.05, 3.63) is 65.2 Å². The van der Waals surface area contributed by atoms with E-state index in [4.69, 9.17) is 0 Å². The number of rotatable bonds is 2. The van der Waals surface area contributed by atoms with Gasteiger partial charge in [-0.25, -0.2) is 8.78 Å². The normalized spacial score (nSPS) is 17.9. The summed E-state index contributed by atoms with van der Waals surface area (Å²) in [6.45, 7) is 0.744. The van der Waals surface area contributed by atoms with Gasteiger partial charge in [0.25, 0.3) is 0 Å². The zero-order valence-electron chi connectivity index (χ0n) is 10.9. The van der Waals surface area contributed by atoms with Gasteiger partial charge in [-0.1, -0.05) is 24.3 Å². The van der Waals surface area contributed by atoms with Gasteiger partial charge in [0.05, 0.1) is 6.10 Å². The molecule has 2 aromatic rings. The number of aliphatic hydroxyl groups is 1. The molecule has 0 fully saturated rings. The van der Waals surface area contributed by atoms with Crippen LogP contribution in [0.4, 0.5) is 14.5 Å². The van der Waals surface area contributed by atoms with Crippen molar-refractivity contribution in [2.45, 2.75) is 19.1 Å². The maximum Gasteiger partial charge on any atom is 0.131 e. The molecule has 1 aliphatic heterocycles. The first kappa shape index (κ1) is 13.1. The minimum Gasteiger partial charge on any atom is -0.388 e. The van der Waals surface area contributed by atoms with E-state index in [0.717, 1.165) is 11.3 Å². The third-order valence-corrected chi connectivity index (χ3v) is 3.72. The average Bonchev–Trinajstić information content (AvgIpc) is 2.46. The van der Waals surface area contributed by atoms with Crippen LogP contribution in [0.15, 0.2) is 42.5 Å². The zero-order chi connectivity index (χ0) is 14.1. The highest BCUT2D eigenvalue weighted by molar-refractivity contribution is 5.56. The van der Waals surface area contributed by atoms with Crippen molar-refractivity contribution in [3.8, 4) is 0 Å². The van der Waals surface area contributed by atoms with Crippen molar-refractivity contribution in [3.63, 3.8) is 0 Å².